The van der Waals surface area contributed by atoms with Gasteiger partial charge >= 0.3 is 17.9 Å². The van der Waals surface area contributed by atoms with Gasteiger partial charge in [-0.3, -0.25) is 14.4 Å². The molecule has 6 heteroatoms. The Balaban J connectivity index is 4.31. The third-order valence-electron chi connectivity index (χ3n) is 11.3. The van der Waals surface area contributed by atoms with Gasteiger partial charge in [0.15, 0.2) is 6.10 Å². The molecule has 1 unspecified atom stereocenters. The number of carbonyl (C=O) groups is 3. The van der Waals surface area contributed by atoms with Crippen molar-refractivity contribution >= 4 is 17.9 Å². The minimum Gasteiger partial charge on any atom is -0.462 e. The highest BCUT2D eigenvalue weighted by atomic mass is 16.6. The molecule has 0 N–H and O–H groups in total. The van der Waals surface area contributed by atoms with Crippen molar-refractivity contribution in [1.29, 1.82) is 0 Å². The largest absolute Gasteiger partial charge is 0.462 e. The molecular formula is C49H94O6. The summed E-state index contributed by atoms with van der Waals surface area (Å²) in [6.07, 6.45) is 40.8. The Hall–Kier alpha value is -1.59. The molecule has 0 saturated heterocycles. The van der Waals surface area contributed by atoms with Gasteiger partial charge in [0.05, 0.1) is 0 Å². The first-order valence-corrected chi connectivity index (χ1v) is 24.3. The number of carbonyl (C=O) groups excluding carboxylic acids is 3. The zero-order valence-electron chi connectivity index (χ0n) is 37.6. The third-order valence-corrected chi connectivity index (χ3v) is 11.3. The van der Waals surface area contributed by atoms with Crippen molar-refractivity contribution in [2.24, 2.45) is 11.8 Å². The van der Waals surface area contributed by atoms with Crippen molar-refractivity contribution in [3.05, 3.63) is 0 Å². The van der Waals surface area contributed by atoms with E-state index in [1.165, 1.54) is 154 Å². The minimum absolute atomic E-state index is 0.0645. The van der Waals surface area contributed by atoms with E-state index < -0.39 is 6.10 Å². The van der Waals surface area contributed by atoms with Crippen molar-refractivity contribution in [2.45, 2.75) is 272 Å². The van der Waals surface area contributed by atoms with Crippen LogP contribution < -0.4 is 0 Å². The summed E-state index contributed by atoms with van der Waals surface area (Å²) >= 11 is 0. The van der Waals surface area contributed by atoms with Crippen molar-refractivity contribution in [3.8, 4) is 0 Å². The molecule has 0 bridgehead atoms. The van der Waals surface area contributed by atoms with E-state index in [4.69, 9.17) is 14.2 Å². The summed E-state index contributed by atoms with van der Waals surface area (Å²) in [4.78, 5) is 37.8. The van der Waals surface area contributed by atoms with Gasteiger partial charge in [-0.25, -0.2) is 0 Å². The molecule has 0 aliphatic heterocycles. The van der Waals surface area contributed by atoms with Gasteiger partial charge in [0.2, 0.25) is 0 Å². The summed E-state index contributed by atoms with van der Waals surface area (Å²) in [5, 5.41) is 0. The zero-order chi connectivity index (χ0) is 40.5. The lowest BCUT2D eigenvalue weighted by molar-refractivity contribution is -0.167. The Labute approximate surface area is 342 Å². The van der Waals surface area contributed by atoms with Crippen LogP contribution in [-0.4, -0.2) is 37.2 Å². The summed E-state index contributed by atoms with van der Waals surface area (Å²) in [5.41, 5.74) is 0. The third kappa shape index (κ3) is 41.9. The van der Waals surface area contributed by atoms with Gasteiger partial charge in [-0.05, 0) is 31.1 Å². The number of ether oxygens (including phenoxy) is 3. The molecule has 6 nitrogen and oxygen atoms in total. The van der Waals surface area contributed by atoms with Crippen molar-refractivity contribution in [2.75, 3.05) is 13.2 Å². The van der Waals surface area contributed by atoms with E-state index in [1.54, 1.807) is 0 Å². The second kappa shape index (κ2) is 42.0. The lowest BCUT2D eigenvalue weighted by atomic mass is 9.99. The highest BCUT2D eigenvalue weighted by Crippen LogP contribution is 2.17. The van der Waals surface area contributed by atoms with E-state index in [0.717, 1.165) is 69.6 Å². The summed E-state index contributed by atoms with van der Waals surface area (Å²) < 4.78 is 16.7. The monoisotopic (exact) mass is 779 g/mol. The Kier molecular flexibility index (Phi) is 40.8. The summed E-state index contributed by atoms with van der Waals surface area (Å²) in [6.45, 7) is 11.4. The summed E-state index contributed by atoms with van der Waals surface area (Å²) in [5.74, 6) is 0.839. The van der Waals surface area contributed by atoms with E-state index >= 15 is 0 Å². The average Bonchev–Trinajstić information content (AvgIpc) is 3.17. The maximum absolute atomic E-state index is 12.7. The van der Waals surface area contributed by atoms with E-state index in [0.29, 0.717) is 19.3 Å². The van der Waals surface area contributed by atoms with Crippen LogP contribution in [0.3, 0.4) is 0 Å². The standard InChI is InChI=1S/C49H94O6/c1-6-8-9-10-11-17-24-29-34-39-47(50)53-42-46(55-49(52)41-36-31-26-21-14-12-13-18-22-27-32-37-44(3)4)43-54-48(51)40-35-30-25-20-16-15-19-23-28-33-38-45(5)7-2/h44-46H,6-43H2,1-5H3/t45?,46-/m0/s1. The first kappa shape index (κ1) is 53.4. The molecule has 0 amide bonds. The first-order valence-electron chi connectivity index (χ1n) is 24.3. The smallest absolute Gasteiger partial charge is 0.306 e. The van der Waals surface area contributed by atoms with Gasteiger partial charge in [-0.1, -0.05) is 227 Å². The van der Waals surface area contributed by atoms with Crippen molar-refractivity contribution < 1.29 is 28.6 Å². The van der Waals surface area contributed by atoms with E-state index in [1.807, 2.05) is 0 Å². The van der Waals surface area contributed by atoms with Crippen molar-refractivity contribution in [1.82, 2.24) is 0 Å². The number of unbranched alkanes of at least 4 members (excludes halogenated alkanes) is 27. The highest BCUT2D eigenvalue weighted by molar-refractivity contribution is 5.71. The molecule has 0 heterocycles. The molecular weight excluding hydrogens is 685 g/mol. The average molecular weight is 779 g/mol. The van der Waals surface area contributed by atoms with Gasteiger partial charge in [0.25, 0.3) is 0 Å². The topological polar surface area (TPSA) is 78.9 Å². The van der Waals surface area contributed by atoms with Gasteiger partial charge < -0.3 is 14.2 Å². The van der Waals surface area contributed by atoms with Gasteiger partial charge in [0.1, 0.15) is 13.2 Å². The fraction of sp³-hybridized carbons (Fsp3) is 0.939. The molecule has 0 aliphatic carbocycles. The first-order chi connectivity index (χ1) is 26.8. The van der Waals surface area contributed by atoms with Crippen LogP contribution in [0, 0.1) is 11.8 Å². The van der Waals surface area contributed by atoms with Gasteiger partial charge in [-0.15, -0.1) is 0 Å². The summed E-state index contributed by atoms with van der Waals surface area (Å²) in [7, 11) is 0. The highest BCUT2D eigenvalue weighted by Gasteiger charge is 2.19. The van der Waals surface area contributed by atoms with Crippen LogP contribution in [0.1, 0.15) is 266 Å². The normalized spacial score (nSPS) is 12.5. The zero-order valence-corrected chi connectivity index (χ0v) is 37.6. The SMILES string of the molecule is CCCCCCCCCCCC(=O)OC[C@@H](COC(=O)CCCCCCCCCCCCC(C)CC)OC(=O)CCCCCCCCCCCCCC(C)C. The van der Waals surface area contributed by atoms with Crippen LogP contribution in [0.15, 0.2) is 0 Å². The van der Waals surface area contributed by atoms with Crippen LogP contribution in [0.5, 0.6) is 0 Å². The molecule has 55 heavy (non-hydrogen) atoms. The van der Waals surface area contributed by atoms with Crippen LogP contribution in [0.25, 0.3) is 0 Å². The molecule has 0 rings (SSSR count). The molecule has 0 aromatic heterocycles. The fourth-order valence-corrected chi connectivity index (χ4v) is 7.25. The maximum atomic E-state index is 12.7. The lowest BCUT2D eigenvalue weighted by Crippen LogP contribution is -2.30. The van der Waals surface area contributed by atoms with Crippen molar-refractivity contribution in [3.63, 3.8) is 0 Å². The van der Waals surface area contributed by atoms with Crippen LogP contribution in [0.2, 0.25) is 0 Å². The molecule has 326 valence electrons. The van der Waals surface area contributed by atoms with Crippen LogP contribution in [-0.2, 0) is 28.6 Å². The molecule has 0 saturated carbocycles. The molecule has 0 spiro atoms. The molecule has 0 aromatic carbocycles. The second-order valence-corrected chi connectivity index (χ2v) is 17.5. The number of rotatable bonds is 43. The van der Waals surface area contributed by atoms with E-state index in [2.05, 4.69) is 34.6 Å². The summed E-state index contributed by atoms with van der Waals surface area (Å²) in [6, 6.07) is 0. The van der Waals surface area contributed by atoms with Crippen LogP contribution in [0.4, 0.5) is 0 Å². The van der Waals surface area contributed by atoms with Gasteiger partial charge in [-0.2, -0.15) is 0 Å². The number of esters is 3. The molecule has 0 radical (unpaired) electrons. The van der Waals surface area contributed by atoms with Crippen LogP contribution >= 0.6 is 0 Å². The number of hydrogen-bond acceptors (Lipinski definition) is 6. The molecule has 0 aromatic rings. The number of hydrogen-bond donors (Lipinski definition) is 0. The maximum Gasteiger partial charge on any atom is 0.306 e. The molecule has 0 aliphatic rings. The molecule has 0 fully saturated rings. The predicted molar refractivity (Wildman–Crippen MR) is 233 cm³/mol. The van der Waals surface area contributed by atoms with Gasteiger partial charge in [0, 0.05) is 19.3 Å². The Morgan fingerprint density at radius 3 is 1.04 bits per heavy atom. The Bertz CT molecular complexity index is 841. The van der Waals surface area contributed by atoms with E-state index in [-0.39, 0.29) is 31.1 Å². The molecule has 2 atom stereocenters. The lowest BCUT2D eigenvalue weighted by Gasteiger charge is -2.18. The van der Waals surface area contributed by atoms with E-state index in [9.17, 15) is 14.4 Å². The second-order valence-electron chi connectivity index (χ2n) is 17.5. The predicted octanol–water partition coefficient (Wildman–Crippen LogP) is 15.4. The Morgan fingerprint density at radius 2 is 0.691 bits per heavy atom. The minimum atomic E-state index is -0.760. The quantitative estimate of drug-likeness (QED) is 0.0348. The fourth-order valence-electron chi connectivity index (χ4n) is 7.25. The Morgan fingerprint density at radius 1 is 0.382 bits per heavy atom.